The van der Waals surface area contributed by atoms with Gasteiger partial charge in [-0.25, -0.2) is 0 Å². The second-order valence-corrected chi connectivity index (χ2v) is 17.2. The van der Waals surface area contributed by atoms with Crippen molar-refractivity contribution in [3.05, 3.63) is 159 Å². The lowest BCUT2D eigenvalue weighted by Crippen LogP contribution is -2.26. The smallest absolute Gasteiger partial charge is 0.138 e. The molecule has 0 amide bonds. The van der Waals surface area contributed by atoms with Crippen LogP contribution in [0, 0.1) is 0 Å². The first-order valence-electron chi connectivity index (χ1n) is 19.6. The van der Waals surface area contributed by atoms with Crippen molar-refractivity contribution in [3.63, 3.8) is 0 Å². The Balaban J connectivity index is 1.09. The number of allylic oxidation sites excluding steroid dienone is 5. The summed E-state index contributed by atoms with van der Waals surface area (Å²) in [5.41, 5.74) is 18.2. The van der Waals surface area contributed by atoms with Gasteiger partial charge < -0.3 is 8.98 Å². The molecule has 3 heteroatoms. The summed E-state index contributed by atoms with van der Waals surface area (Å²) in [5, 5.41) is 6.37. The van der Waals surface area contributed by atoms with Crippen LogP contribution in [0.25, 0.3) is 83.0 Å². The highest BCUT2D eigenvalue weighted by molar-refractivity contribution is 7.20. The zero-order valence-electron chi connectivity index (χ0n) is 30.6. The summed E-state index contributed by atoms with van der Waals surface area (Å²) in [5.74, 6) is 0. The molecule has 260 valence electrons. The molecule has 8 aromatic rings. The Morgan fingerprint density at radius 1 is 0.667 bits per heavy atom. The normalized spacial score (nSPS) is 17.0. The van der Waals surface area contributed by atoms with Crippen LogP contribution in [0.4, 0.5) is 0 Å². The fourth-order valence-corrected chi connectivity index (χ4v) is 11.6. The monoisotopic (exact) mass is 713 g/mol. The van der Waals surface area contributed by atoms with Crippen LogP contribution in [0.3, 0.4) is 0 Å². The maximum absolute atomic E-state index is 6.55. The average Bonchev–Trinajstić information content (AvgIpc) is 3.94. The van der Waals surface area contributed by atoms with Gasteiger partial charge in [0.05, 0.1) is 11.0 Å². The number of benzene rings is 5. The Kier molecular flexibility index (Phi) is 6.38. The van der Waals surface area contributed by atoms with Crippen LogP contribution in [0.5, 0.6) is 0 Å². The minimum atomic E-state index is 0.0294. The van der Waals surface area contributed by atoms with E-state index in [4.69, 9.17) is 4.42 Å². The van der Waals surface area contributed by atoms with Crippen molar-refractivity contribution in [2.45, 2.75) is 57.8 Å². The van der Waals surface area contributed by atoms with E-state index in [1.807, 2.05) is 11.3 Å². The molecule has 0 spiro atoms. The molecule has 4 aliphatic carbocycles. The van der Waals surface area contributed by atoms with E-state index in [0.29, 0.717) is 0 Å². The third-order valence-electron chi connectivity index (χ3n) is 12.9. The number of hydrogen-bond acceptors (Lipinski definition) is 2. The summed E-state index contributed by atoms with van der Waals surface area (Å²) in [6, 6.07) is 36.8. The highest BCUT2D eigenvalue weighted by Crippen LogP contribution is 2.52. The van der Waals surface area contributed by atoms with Crippen LogP contribution in [-0.4, -0.2) is 4.57 Å². The number of fused-ring (bicyclic) bond motifs is 11. The summed E-state index contributed by atoms with van der Waals surface area (Å²) in [7, 11) is 0. The molecule has 0 radical (unpaired) electrons. The first kappa shape index (κ1) is 30.8. The predicted molar refractivity (Wildman–Crippen MR) is 229 cm³/mol. The summed E-state index contributed by atoms with van der Waals surface area (Å²) in [6.45, 7) is 4.87. The van der Waals surface area contributed by atoms with Gasteiger partial charge in [-0.05, 0) is 114 Å². The van der Waals surface area contributed by atoms with Crippen molar-refractivity contribution in [1.82, 2.24) is 4.57 Å². The molecule has 0 saturated heterocycles. The van der Waals surface area contributed by atoms with Gasteiger partial charge in [-0.2, -0.15) is 0 Å². The maximum Gasteiger partial charge on any atom is 0.138 e. The van der Waals surface area contributed by atoms with Crippen LogP contribution in [0.2, 0.25) is 0 Å². The van der Waals surface area contributed by atoms with Crippen molar-refractivity contribution in [2.24, 2.45) is 0 Å². The van der Waals surface area contributed by atoms with Gasteiger partial charge in [0, 0.05) is 58.6 Å². The Morgan fingerprint density at radius 3 is 2.43 bits per heavy atom. The molecule has 4 aliphatic rings. The highest BCUT2D eigenvalue weighted by Gasteiger charge is 2.37. The van der Waals surface area contributed by atoms with Crippen molar-refractivity contribution >= 4 is 77.5 Å². The zero-order chi connectivity index (χ0) is 35.7. The number of thiophene rings is 1. The summed E-state index contributed by atoms with van der Waals surface area (Å²) < 4.78 is 10.5. The molecular formula is C51H39NOS. The fraction of sp³-hybridized carbons (Fsp3) is 0.176. The number of aromatic nitrogens is 1. The van der Waals surface area contributed by atoms with Gasteiger partial charge in [0.25, 0.3) is 0 Å². The lowest BCUT2D eigenvalue weighted by Gasteiger charge is -2.26. The van der Waals surface area contributed by atoms with E-state index >= 15 is 0 Å². The second kappa shape index (κ2) is 11.2. The second-order valence-electron chi connectivity index (χ2n) is 16.1. The third kappa shape index (κ3) is 4.22. The first-order valence-corrected chi connectivity index (χ1v) is 20.4. The van der Waals surface area contributed by atoms with Crippen LogP contribution in [0.15, 0.2) is 125 Å². The number of rotatable bonds is 3. The molecular weight excluding hydrogens is 675 g/mol. The number of hydrogen-bond donors (Lipinski definition) is 0. The Hall–Kier alpha value is -5.64. The quantitative estimate of drug-likeness (QED) is 0.178. The van der Waals surface area contributed by atoms with Crippen LogP contribution < -0.4 is 10.6 Å². The van der Waals surface area contributed by atoms with Gasteiger partial charge in [-0.15, -0.1) is 11.3 Å². The van der Waals surface area contributed by atoms with Gasteiger partial charge in [-0.3, -0.25) is 0 Å². The van der Waals surface area contributed by atoms with E-state index < -0.39 is 0 Å². The van der Waals surface area contributed by atoms with E-state index in [0.717, 1.165) is 49.5 Å². The molecule has 0 bridgehead atoms. The lowest BCUT2D eigenvalue weighted by atomic mass is 9.78. The van der Waals surface area contributed by atoms with Crippen molar-refractivity contribution in [1.29, 1.82) is 0 Å². The fourth-order valence-electron chi connectivity index (χ4n) is 10.3. The molecule has 12 rings (SSSR count). The van der Waals surface area contributed by atoms with Crippen LogP contribution in [0.1, 0.15) is 73.1 Å². The molecule has 3 heterocycles. The first-order chi connectivity index (χ1) is 26.5. The predicted octanol–water partition coefficient (Wildman–Crippen LogP) is 12.5. The van der Waals surface area contributed by atoms with Gasteiger partial charge >= 0.3 is 0 Å². The zero-order valence-corrected chi connectivity index (χ0v) is 31.4. The molecule has 0 unspecified atom stereocenters. The largest absolute Gasteiger partial charge is 0.456 e. The van der Waals surface area contributed by atoms with Crippen molar-refractivity contribution in [2.75, 3.05) is 0 Å². The minimum absolute atomic E-state index is 0.0294. The molecule has 0 aliphatic heterocycles. The number of nitrogens with zero attached hydrogens (tertiary/aromatic N) is 1. The lowest BCUT2D eigenvalue weighted by molar-refractivity contribution is 0.568. The van der Waals surface area contributed by atoms with Crippen molar-refractivity contribution < 1.29 is 4.42 Å². The summed E-state index contributed by atoms with van der Waals surface area (Å²) in [4.78, 5) is 1.51. The molecule has 54 heavy (non-hydrogen) atoms. The summed E-state index contributed by atoms with van der Waals surface area (Å²) >= 11 is 2.00. The van der Waals surface area contributed by atoms with Gasteiger partial charge in [0.2, 0.25) is 0 Å². The maximum atomic E-state index is 6.55. The number of furan rings is 1. The van der Waals surface area contributed by atoms with E-state index in [1.165, 1.54) is 97.6 Å². The molecule has 2 nitrogen and oxygen atoms in total. The van der Waals surface area contributed by atoms with Gasteiger partial charge in [-0.1, -0.05) is 104 Å². The topological polar surface area (TPSA) is 18.1 Å². The average molecular weight is 714 g/mol. The van der Waals surface area contributed by atoms with E-state index in [2.05, 4.69) is 146 Å². The van der Waals surface area contributed by atoms with E-state index in [-0.39, 0.29) is 5.41 Å². The van der Waals surface area contributed by atoms with Crippen LogP contribution >= 0.6 is 11.3 Å². The third-order valence-corrected chi connectivity index (χ3v) is 14.2. The Morgan fingerprint density at radius 2 is 1.48 bits per heavy atom. The van der Waals surface area contributed by atoms with Gasteiger partial charge in [0.15, 0.2) is 0 Å². The Labute approximate surface area is 318 Å². The summed E-state index contributed by atoms with van der Waals surface area (Å²) in [6.07, 6.45) is 18.3. The van der Waals surface area contributed by atoms with E-state index in [1.54, 1.807) is 5.57 Å². The standard InChI is InChI=1S/C51H39NOS/c1-51(2)43-18-7-3-12-34(43)35-24-22-31(27-44(35)51)40-28-32(29-42-38-15-6-10-21-48(38)54-50(40)42)52-45-19-8-4-13-36(45)41-26-30(23-25-46(41)52)33-16-11-17-39-37-14-5-9-20-47(37)53-49(33)39/h3-6,8-9,12-15,17,19-20,22-29H,7,10-11,16,18,21H2,1-2H3. The van der Waals surface area contributed by atoms with Crippen molar-refractivity contribution in [3.8, 4) is 16.8 Å². The van der Waals surface area contributed by atoms with E-state index in [9.17, 15) is 0 Å². The SMILES string of the molecule is CC1(C)C2=C(C=CCC2)c2ccc(-c3cc(-n4c5ccccc5c5cc(C6=c7oc8ccccc8c7=CCC6)ccc54)cc4c5c(sc34)CCC=C5)cc21. The highest BCUT2D eigenvalue weighted by atomic mass is 32.1. The Bertz CT molecular complexity index is 3190. The molecule has 5 aromatic carbocycles. The van der Waals surface area contributed by atoms with Crippen LogP contribution in [-0.2, 0) is 11.8 Å². The molecule has 0 atom stereocenters. The minimum Gasteiger partial charge on any atom is -0.456 e. The molecule has 3 aromatic heterocycles. The molecule has 0 fully saturated rings. The number of para-hydroxylation sites is 2. The number of aryl methyl sites for hydroxylation is 1. The van der Waals surface area contributed by atoms with Gasteiger partial charge in [0.1, 0.15) is 11.0 Å². The molecule has 0 N–H and O–H groups in total. The molecule has 0 saturated carbocycles.